The van der Waals surface area contributed by atoms with Gasteiger partial charge < -0.3 is 10.1 Å². The van der Waals surface area contributed by atoms with E-state index in [-0.39, 0.29) is 11.9 Å². The highest BCUT2D eigenvalue weighted by Crippen LogP contribution is 2.41. The number of carbonyl (C=O) groups is 1. The van der Waals surface area contributed by atoms with Gasteiger partial charge >= 0.3 is 0 Å². The minimum Gasteiger partial charge on any atom is -0.497 e. The number of methoxy groups -OCH3 is 1. The van der Waals surface area contributed by atoms with Crippen molar-refractivity contribution in [1.82, 2.24) is 5.32 Å². The van der Waals surface area contributed by atoms with E-state index in [1.807, 2.05) is 43.3 Å². The number of hydrogen-bond acceptors (Lipinski definition) is 3. The Balaban J connectivity index is 1.60. The van der Waals surface area contributed by atoms with Crippen LogP contribution in [0.3, 0.4) is 0 Å². The monoisotopic (exact) mass is 363 g/mol. The smallest absolute Gasteiger partial charge is 0.261 e. The molecule has 132 valence electrons. The molecule has 2 aromatic carbocycles. The standard InChI is InChI=1S/C22H21NO2S/c1-14(15-6-4-3-5-7-15)23-22(24)20-12-17-9-8-16-10-11-18(25-2)13-19(16)21(17)26-20/h3-7,10-14H,8-9H2,1-2H3,(H,23,24)/t14-/m1/s1. The van der Waals surface area contributed by atoms with Crippen LogP contribution in [0.2, 0.25) is 0 Å². The van der Waals surface area contributed by atoms with Gasteiger partial charge in [-0.05, 0) is 60.2 Å². The molecule has 1 aliphatic carbocycles. The van der Waals surface area contributed by atoms with Crippen molar-refractivity contribution in [1.29, 1.82) is 0 Å². The van der Waals surface area contributed by atoms with E-state index >= 15 is 0 Å². The van der Waals surface area contributed by atoms with E-state index < -0.39 is 0 Å². The summed E-state index contributed by atoms with van der Waals surface area (Å²) in [5.41, 5.74) is 4.89. The van der Waals surface area contributed by atoms with Crippen LogP contribution in [0.15, 0.2) is 54.6 Å². The first kappa shape index (κ1) is 16.9. The van der Waals surface area contributed by atoms with Crippen molar-refractivity contribution in [2.45, 2.75) is 25.8 Å². The first-order valence-electron chi connectivity index (χ1n) is 8.81. The molecule has 0 saturated carbocycles. The van der Waals surface area contributed by atoms with Crippen molar-refractivity contribution in [3.63, 3.8) is 0 Å². The number of thiophene rings is 1. The Labute approximate surface area is 157 Å². The molecule has 3 aromatic rings. The third kappa shape index (κ3) is 3.13. The zero-order valence-corrected chi connectivity index (χ0v) is 15.7. The van der Waals surface area contributed by atoms with Gasteiger partial charge in [-0.1, -0.05) is 36.4 Å². The summed E-state index contributed by atoms with van der Waals surface area (Å²) >= 11 is 1.57. The predicted octanol–water partition coefficient (Wildman–Crippen LogP) is 5.01. The highest BCUT2D eigenvalue weighted by molar-refractivity contribution is 7.17. The third-order valence-corrected chi connectivity index (χ3v) is 6.11. The zero-order chi connectivity index (χ0) is 18.1. The minimum absolute atomic E-state index is 0.00907. The lowest BCUT2D eigenvalue weighted by atomic mass is 9.91. The van der Waals surface area contributed by atoms with Crippen LogP contribution in [0.25, 0.3) is 10.4 Å². The average molecular weight is 363 g/mol. The van der Waals surface area contributed by atoms with Gasteiger partial charge in [0, 0.05) is 4.88 Å². The molecule has 1 aromatic heterocycles. The van der Waals surface area contributed by atoms with Gasteiger partial charge in [0.15, 0.2) is 0 Å². The van der Waals surface area contributed by atoms with Crippen LogP contribution in [0.4, 0.5) is 0 Å². The third-order valence-electron chi connectivity index (χ3n) is 4.91. The maximum absolute atomic E-state index is 12.8. The lowest BCUT2D eigenvalue weighted by molar-refractivity contribution is 0.0944. The fourth-order valence-corrected chi connectivity index (χ4v) is 4.59. The lowest BCUT2D eigenvalue weighted by Crippen LogP contribution is -2.25. The van der Waals surface area contributed by atoms with Crippen molar-refractivity contribution >= 4 is 17.2 Å². The molecule has 1 N–H and O–H groups in total. The number of nitrogens with one attached hydrogen (secondary N) is 1. The Morgan fingerprint density at radius 2 is 1.85 bits per heavy atom. The van der Waals surface area contributed by atoms with E-state index in [2.05, 4.69) is 23.5 Å². The number of carbonyl (C=O) groups excluding carboxylic acids is 1. The van der Waals surface area contributed by atoms with Crippen LogP contribution in [0.1, 0.15) is 39.3 Å². The van der Waals surface area contributed by atoms with E-state index in [4.69, 9.17) is 4.74 Å². The summed E-state index contributed by atoms with van der Waals surface area (Å²) in [6.45, 7) is 2.01. The molecule has 0 spiro atoms. The van der Waals surface area contributed by atoms with Crippen LogP contribution in [-0.2, 0) is 12.8 Å². The molecule has 0 bridgehead atoms. The molecule has 1 atom stereocenters. The van der Waals surface area contributed by atoms with E-state index in [9.17, 15) is 4.79 Å². The summed E-state index contributed by atoms with van der Waals surface area (Å²) in [4.78, 5) is 14.7. The average Bonchev–Trinajstić information content (AvgIpc) is 3.13. The van der Waals surface area contributed by atoms with E-state index in [0.717, 1.165) is 29.0 Å². The molecule has 3 nitrogen and oxygen atoms in total. The molecule has 1 heterocycles. The number of amides is 1. The molecule has 0 fully saturated rings. The Morgan fingerprint density at radius 1 is 1.08 bits per heavy atom. The fourth-order valence-electron chi connectivity index (χ4n) is 3.43. The number of ether oxygens (including phenoxy) is 1. The molecule has 0 radical (unpaired) electrons. The van der Waals surface area contributed by atoms with Crippen LogP contribution >= 0.6 is 11.3 Å². The van der Waals surface area contributed by atoms with Gasteiger partial charge in [-0.3, -0.25) is 4.79 Å². The Kier molecular flexibility index (Phi) is 4.51. The minimum atomic E-state index is -0.0183. The first-order valence-corrected chi connectivity index (χ1v) is 9.63. The van der Waals surface area contributed by atoms with Gasteiger partial charge in [0.25, 0.3) is 5.91 Å². The first-order chi connectivity index (χ1) is 12.7. The molecular formula is C22H21NO2S. The number of benzene rings is 2. The molecule has 0 saturated heterocycles. The van der Waals surface area contributed by atoms with Crippen LogP contribution in [0, 0.1) is 0 Å². The molecular weight excluding hydrogens is 342 g/mol. The molecule has 4 heteroatoms. The second kappa shape index (κ2) is 6.96. The molecule has 0 unspecified atom stereocenters. The van der Waals surface area contributed by atoms with Gasteiger partial charge in [-0.2, -0.15) is 0 Å². The number of aryl methyl sites for hydroxylation is 2. The number of hydrogen-bond donors (Lipinski definition) is 1. The molecule has 4 rings (SSSR count). The van der Waals surface area contributed by atoms with Gasteiger partial charge in [0.05, 0.1) is 18.0 Å². The highest BCUT2D eigenvalue weighted by Gasteiger charge is 2.23. The van der Waals surface area contributed by atoms with E-state index in [1.165, 1.54) is 21.6 Å². The summed E-state index contributed by atoms with van der Waals surface area (Å²) in [6.07, 6.45) is 1.98. The van der Waals surface area contributed by atoms with Crippen molar-refractivity contribution in [2.75, 3.05) is 7.11 Å². The van der Waals surface area contributed by atoms with Gasteiger partial charge in [0.1, 0.15) is 5.75 Å². The predicted molar refractivity (Wildman–Crippen MR) is 106 cm³/mol. The maximum Gasteiger partial charge on any atom is 0.261 e. The largest absolute Gasteiger partial charge is 0.497 e. The summed E-state index contributed by atoms with van der Waals surface area (Å²) in [5, 5.41) is 3.11. The quantitative estimate of drug-likeness (QED) is 0.707. The van der Waals surface area contributed by atoms with Crippen LogP contribution in [-0.4, -0.2) is 13.0 Å². The van der Waals surface area contributed by atoms with Crippen molar-refractivity contribution in [3.05, 3.63) is 76.2 Å². The summed E-state index contributed by atoms with van der Waals surface area (Å²) < 4.78 is 5.38. The second-order valence-corrected chi connectivity index (χ2v) is 7.65. The number of fused-ring (bicyclic) bond motifs is 3. The Morgan fingerprint density at radius 3 is 2.62 bits per heavy atom. The second-order valence-electron chi connectivity index (χ2n) is 6.59. The van der Waals surface area contributed by atoms with Gasteiger partial charge in [-0.25, -0.2) is 0 Å². The van der Waals surface area contributed by atoms with Gasteiger partial charge in [-0.15, -0.1) is 11.3 Å². The highest BCUT2D eigenvalue weighted by atomic mass is 32.1. The molecule has 26 heavy (non-hydrogen) atoms. The van der Waals surface area contributed by atoms with Crippen LogP contribution in [0.5, 0.6) is 5.75 Å². The molecule has 1 aliphatic rings. The van der Waals surface area contributed by atoms with E-state index in [1.54, 1.807) is 18.4 Å². The number of rotatable bonds is 4. The van der Waals surface area contributed by atoms with Crippen LogP contribution < -0.4 is 10.1 Å². The van der Waals surface area contributed by atoms with Crippen molar-refractivity contribution < 1.29 is 9.53 Å². The van der Waals surface area contributed by atoms with Crippen molar-refractivity contribution in [3.8, 4) is 16.2 Å². The SMILES string of the molecule is COc1ccc2c(c1)-c1sc(C(=O)N[C@H](C)c3ccccc3)cc1CC2. The lowest BCUT2D eigenvalue weighted by Gasteiger charge is -2.16. The molecule has 0 aliphatic heterocycles. The summed E-state index contributed by atoms with van der Waals surface area (Å²) in [6, 6.07) is 18.3. The molecule has 1 amide bonds. The normalized spacial score (nSPS) is 13.5. The maximum atomic E-state index is 12.8. The van der Waals surface area contributed by atoms with Gasteiger partial charge in [0.2, 0.25) is 0 Å². The summed E-state index contributed by atoms with van der Waals surface area (Å²) in [5.74, 6) is 0.846. The van der Waals surface area contributed by atoms with Crippen molar-refractivity contribution in [2.24, 2.45) is 0 Å². The topological polar surface area (TPSA) is 38.3 Å². The Bertz CT molecular complexity index is 946. The fraction of sp³-hybridized carbons (Fsp3) is 0.227. The van der Waals surface area contributed by atoms with E-state index in [0.29, 0.717) is 0 Å². The summed E-state index contributed by atoms with van der Waals surface area (Å²) in [7, 11) is 1.68. The Hall–Kier alpha value is -2.59. The zero-order valence-electron chi connectivity index (χ0n) is 14.9.